The Morgan fingerprint density at radius 1 is 1.03 bits per heavy atom. The van der Waals surface area contributed by atoms with Gasteiger partial charge >= 0.3 is 6.09 Å². The monoisotopic (exact) mass is 494 g/mol. The first-order chi connectivity index (χ1) is 17.6. The fraction of sp³-hybridized carbons (Fsp3) is 0.259. The maximum Gasteiger partial charge on any atom is 0.412 e. The van der Waals surface area contributed by atoms with E-state index in [2.05, 4.69) is 5.32 Å². The molecule has 3 aromatic rings. The minimum Gasteiger partial charge on any atom is -0.491 e. The lowest BCUT2D eigenvalue weighted by Crippen LogP contribution is -2.28. The average molecular weight is 495 g/mol. The summed E-state index contributed by atoms with van der Waals surface area (Å²) in [5.74, 6) is -0.194. The molecule has 0 bridgehead atoms. The number of ether oxygens (including phenoxy) is 3. The number of nitrogens with one attached hydrogen (secondary N) is 2. The molecule has 0 radical (unpaired) electrons. The second-order valence-electron chi connectivity index (χ2n) is 7.82. The van der Waals surface area contributed by atoms with Crippen LogP contribution in [0.5, 0.6) is 5.75 Å². The molecular weight excluding hydrogens is 464 g/mol. The molecule has 2 atom stereocenters. The van der Waals surface area contributed by atoms with Crippen LogP contribution in [0.2, 0.25) is 0 Å². The molecule has 0 aliphatic rings. The molecule has 4 N–H and O–H groups in total. The SMILES string of the molecule is CO[C@@H](CC/C=C/C(=O)NO)[C@@H](OC(=O)Nc1cccc2ccccc12)c1ccccc1OCCO. The van der Waals surface area contributed by atoms with Crippen LogP contribution >= 0.6 is 0 Å². The fourth-order valence-electron chi connectivity index (χ4n) is 3.81. The molecule has 0 aliphatic heterocycles. The highest BCUT2D eigenvalue weighted by Crippen LogP contribution is 2.34. The lowest BCUT2D eigenvalue weighted by atomic mass is 9.99. The largest absolute Gasteiger partial charge is 0.491 e. The lowest BCUT2D eigenvalue weighted by Gasteiger charge is -2.28. The molecule has 3 rings (SSSR count). The molecule has 0 aromatic heterocycles. The van der Waals surface area contributed by atoms with Crippen LogP contribution in [0.25, 0.3) is 10.8 Å². The molecule has 0 spiro atoms. The number of fused-ring (bicyclic) bond motifs is 1. The number of hydrogen-bond donors (Lipinski definition) is 4. The van der Waals surface area contributed by atoms with Crippen LogP contribution in [0.1, 0.15) is 24.5 Å². The van der Waals surface area contributed by atoms with Crippen molar-refractivity contribution in [2.24, 2.45) is 0 Å². The van der Waals surface area contributed by atoms with Gasteiger partial charge in [0.25, 0.3) is 5.91 Å². The second kappa shape index (κ2) is 13.8. The molecule has 36 heavy (non-hydrogen) atoms. The van der Waals surface area contributed by atoms with Crippen molar-refractivity contribution in [1.29, 1.82) is 0 Å². The first-order valence-electron chi connectivity index (χ1n) is 11.5. The van der Waals surface area contributed by atoms with E-state index in [1.54, 1.807) is 36.4 Å². The number of anilines is 1. The minimum atomic E-state index is -0.861. The Hall–Kier alpha value is -3.92. The average Bonchev–Trinajstić information content (AvgIpc) is 2.91. The summed E-state index contributed by atoms with van der Waals surface area (Å²) in [6.45, 7) is -0.102. The van der Waals surface area contributed by atoms with Crippen LogP contribution < -0.4 is 15.5 Å². The zero-order valence-electron chi connectivity index (χ0n) is 19.9. The molecule has 9 nitrogen and oxygen atoms in total. The van der Waals surface area contributed by atoms with Gasteiger partial charge in [0, 0.05) is 24.1 Å². The summed E-state index contributed by atoms with van der Waals surface area (Å²) in [6.07, 6.45) is 1.46. The van der Waals surface area contributed by atoms with E-state index < -0.39 is 24.2 Å². The molecule has 9 heteroatoms. The maximum atomic E-state index is 13.1. The van der Waals surface area contributed by atoms with E-state index in [-0.39, 0.29) is 13.2 Å². The number of carbonyl (C=O) groups is 2. The van der Waals surface area contributed by atoms with E-state index in [9.17, 15) is 14.7 Å². The Kier molecular flexibility index (Phi) is 10.3. The highest BCUT2D eigenvalue weighted by molar-refractivity contribution is 6.00. The standard InChI is InChI=1S/C27H30N2O7/c1-34-24(15-6-7-16-25(31)29-33)26(21-12-4-5-14-23(21)35-18-17-30)36-27(32)28-22-13-8-10-19-9-2-3-11-20(19)22/h2-5,7-14,16,24,26,30,33H,6,15,17-18H2,1H3,(H,28,32)(H,29,31)/b16-7+/t24-,26-/m0/s1. The van der Waals surface area contributed by atoms with E-state index in [0.29, 0.717) is 29.8 Å². The predicted molar refractivity (Wildman–Crippen MR) is 135 cm³/mol. The van der Waals surface area contributed by atoms with Crippen molar-refractivity contribution in [2.45, 2.75) is 25.0 Å². The molecular formula is C27H30N2O7. The van der Waals surface area contributed by atoms with E-state index in [4.69, 9.17) is 19.4 Å². The molecule has 2 amide bonds. The molecule has 0 saturated carbocycles. The first-order valence-corrected chi connectivity index (χ1v) is 11.5. The number of aliphatic hydroxyl groups is 1. The quantitative estimate of drug-likeness (QED) is 0.167. The molecule has 0 heterocycles. The van der Waals surface area contributed by atoms with Gasteiger partial charge in [-0.25, -0.2) is 10.3 Å². The highest BCUT2D eigenvalue weighted by Gasteiger charge is 2.29. The van der Waals surface area contributed by atoms with Gasteiger partial charge in [-0.3, -0.25) is 15.3 Å². The van der Waals surface area contributed by atoms with Crippen molar-refractivity contribution < 1.29 is 34.1 Å². The van der Waals surface area contributed by atoms with Crippen molar-refractivity contribution in [3.05, 3.63) is 84.4 Å². The number of methoxy groups -OCH3 is 1. The minimum absolute atomic E-state index is 0.0720. The number of aliphatic hydroxyl groups excluding tert-OH is 1. The fourth-order valence-corrected chi connectivity index (χ4v) is 3.81. The van der Waals surface area contributed by atoms with E-state index in [0.717, 1.165) is 10.8 Å². The number of hydrogen-bond acceptors (Lipinski definition) is 7. The van der Waals surface area contributed by atoms with Crippen LogP contribution in [0.3, 0.4) is 0 Å². The van der Waals surface area contributed by atoms with Crippen LogP contribution in [-0.2, 0) is 14.3 Å². The van der Waals surface area contributed by atoms with Crippen molar-refractivity contribution in [1.82, 2.24) is 5.48 Å². The summed E-state index contributed by atoms with van der Waals surface area (Å²) in [6, 6.07) is 20.3. The van der Waals surface area contributed by atoms with E-state index in [1.807, 2.05) is 36.4 Å². The summed E-state index contributed by atoms with van der Waals surface area (Å²) in [5.41, 5.74) is 2.71. The number of rotatable bonds is 12. The Labute approximate surface area is 209 Å². The Bertz CT molecular complexity index is 1180. The Balaban J connectivity index is 1.85. The van der Waals surface area contributed by atoms with Gasteiger partial charge in [-0.05, 0) is 30.4 Å². The smallest absolute Gasteiger partial charge is 0.412 e. The number of benzene rings is 3. The van der Waals surface area contributed by atoms with Crippen LogP contribution in [0, 0.1) is 0 Å². The second-order valence-corrected chi connectivity index (χ2v) is 7.82. The van der Waals surface area contributed by atoms with Crippen LogP contribution in [0.4, 0.5) is 10.5 Å². The predicted octanol–water partition coefficient (Wildman–Crippen LogP) is 4.36. The summed E-state index contributed by atoms with van der Waals surface area (Å²) in [7, 11) is 1.50. The Morgan fingerprint density at radius 3 is 2.56 bits per heavy atom. The number of para-hydroxylation sites is 1. The van der Waals surface area contributed by atoms with Crippen molar-refractivity contribution in [2.75, 3.05) is 25.6 Å². The molecule has 3 aromatic carbocycles. The summed E-state index contributed by atoms with van der Waals surface area (Å²) < 4.78 is 17.3. The summed E-state index contributed by atoms with van der Waals surface area (Å²) in [4.78, 5) is 24.3. The van der Waals surface area contributed by atoms with Gasteiger partial charge in [0.05, 0.1) is 18.4 Å². The van der Waals surface area contributed by atoms with Gasteiger partial charge in [-0.2, -0.15) is 0 Å². The third-order valence-electron chi connectivity index (χ3n) is 5.47. The normalized spacial score (nSPS) is 12.8. The van der Waals surface area contributed by atoms with Gasteiger partial charge in [-0.15, -0.1) is 0 Å². The van der Waals surface area contributed by atoms with Crippen LogP contribution in [0.15, 0.2) is 78.9 Å². The third kappa shape index (κ3) is 7.29. The molecule has 190 valence electrons. The number of amides is 2. The third-order valence-corrected chi connectivity index (χ3v) is 5.47. The summed E-state index contributed by atoms with van der Waals surface area (Å²) in [5, 5.41) is 22.5. The Morgan fingerprint density at radius 2 is 1.78 bits per heavy atom. The van der Waals surface area contributed by atoms with Crippen molar-refractivity contribution >= 4 is 28.5 Å². The van der Waals surface area contributed by atoms with Crippen molar-refractivity contribution in [3.63, 3.8) is 0 Å². The van der Waals surface area contributed by atoms with E-state index in [1.165, 1.54) is 18.7 Å². The molecule has 0 aliphatic carbocycles. The van der Waals surface area contributed by atoms with Gasteiger partial charge < -0.3 is 19.3 Å². The molecule has 0 fully saturated rings. The van der Waals surface area contributed by atoms with Crippen LogP contribution in [-0.4, -0.2) is 48.7 Å². The highest BCUT2D eigenvalue weighted by atomic mass is 16.6. The van der Waals surface area contributed by atoms with Crippen molar-refractivity contribution in [3.8, 4) is 5.75 Å². The van der Waals surface area contributed by atoms with Gasteiger partial charge in [0.2, 0.25) is 0 Å². The number of carbonyl (C=O) groups excluding carboxylic acids is 2. The van der Waals surface area contributed by atoms with Gasteiger partial charge in [0.1, 0.15) is 12.4 Å². The van der Waals surface area contributed by atoms with E-state index >= 15 is 0 Å². The summed E-state index contributed by atoms with van der Waals surface area (Å²) >= 11 is 0. The van der Waals surface area contributed by atoms with Gasteiger partial charge in [0.15, 0.2) is 6.10 Å². The van der Waals surface area contributed by atoms with Gasteiger partial charge in [-0.1, -0.05) is 60.7 Å². The maximum absolute atomic E-state index is 13.1. The number of allylic oxidation sites excluding steroid dienone is 1. The zero-order chi connectivity index (χ0) is 25.8. The molecule has 0 saturated heterocycles. The lowest BCUT2D eigenvalue weighted by molar-refractivity contribution is -0.124. The number of hydroxylamine groups is 1. The topological polar surface area (TPSA) is 126 Å². The first kappa shape index (κ1) is 26.7. The molecule has 0 unspecified atom stereocenters. The zero-order valence-corrected chi connectivity index (χ0v) is 19.9.